The lowest BCUT2D eigenvalue weighted by Gasteiger charge is -2.46. The van der Waals surface area contributed by atoms with Crippen molar-refractivity contribution in [3.63, 3.8) is 0 Å². The number of carbonyl (C=O) groups excluding carboxylic acids is 2. The fourth-order valence-electron chi connectivity index (χ4n) is 4.41. The van der Waals surface area contributed by atoms with Crippen LogP contribution in [-0.2, 0) is 12.1 Å². The number of amides is 2. The highest BCUT2D eigenvalue weighted by Gasteiger charge is 2.56. The average molecular weight is 389 g/mol. The Kier molecular flexibility index (Phi) is 3.91. The van der Waals surface area contributed by atoms with Gasteiger partial charge in [-0.2, -0.15) is 0 Å². The summed E-state index contributed by atoms with van der Waals surface area (Å²) in [6.07, 6.45) is 5.01. The molecule has 0 spiro atoms. The first-order chi connectivity index (χ1) is 14.1. The van der Waals surface area contributed by atoms with Gasteiger partial charge >= 0.3 is 0 Å². The van der Waals surface area contributed by atoms with E-state index in [-0.39, 0.29) is 11.8 Å². The van der Waals surface area contributed by atoms with Gasteiger partial charge in [0.1, 0.15) is 17.7 Å². The second kappa shape index (κ2) is 6.48. The lowest BCUT2D eigenvalue weighted by atomic mass is 9.86. The number of fused-ring (bicyclic) bond motifs is 2. The number of methoxy groups -OCH3 is 1. The summed E-state index contributed by atoms with van der Waals surface area (Å²) < 4.78 is 10.4. The molecule has 1 aromatic carbocycles. The molecule has 2 aliphatic rings. The lowest BCUT2D eigenvalue weighted by molar-refractivity contribution is 0.00700. The molecule has 1 fully saturated rings. The summed E-state index contributed by atoms with van der Waals surface area (Å²) >= 11 is 0. The van der Waals surface area contributed by atoms with Crippen LogP contribution >= 0.6 is 0 Å². The largest absolute Gasteiger partial charge is 0.497 e. The normalized spacial score (nSPS) is 20.4. The van der Waals surface area contributed by atoms with E-state index in [2.05, 4.69) is 4.98 Å². The Hall–Kier alpha value is -3.61. The minimum Gasteiger partial charge on any atom is -0.497 e. The van der Waals surface area contributed by atoms with Gasteiger partial charge in [-0.25, -0.2) is 0 Å². The van der Waals surface area contributed by atoms with E-state index in [9.17, 15) is 9.59 Å². The van der Waals surface area contributed by atoms with E-state index in [0.29, 0.717) is 42.1 Å². The lowest BCUT2D eigenvalue weighted by Crippen LogP contribution is -2.58. The van der Waals surface area contributed by atoms with Crippen molar-refractivity contribution in [3.05, 3.63) is 83.6 Å². The number of nitrogens with zero attached hydrogens (tertiary/aromatic N) is 3. The van der Waals surface area contributed by atoms with Gasteiger partial charge in [0, 0.05) is 25.7 Å². The van der Waals surface area contributed by atoms with Gasteiger partial charge < -0.3 is 19.0 Å². The van der Waals surface area contributed by atoms with Crippen LogP contribution in [0.2, 0.25) is 0 Å². The van der Waals surface area contributed by atoms with Crippen LogP contribution < -0.4 is 4.74 Å². The molecule has 2 amide bonds. The molecule has 7 heteroatoms. The van der Waals surface area contributed by atoms with Crippen LogP contribution in [0.25, 0.3) is 0 Å². The first-order valence-corrected chi connectivity index (χ1v) is 9.40. The van der Waals surface area contributed by atoms with Crippen molar-refractivity contribution in [2.75, 3.05) is 20.2 Å². The second-order valence-corrected chi connectivity index (χ2v) is 7.15. The van der Waals surface area contributed by atoms with Crippen LogP contribution in [0, 0.1) is 0 Å². The van der Waals surface area contributed by atoms with Gasteiger partial charge in [0.25, 0.3) is 11.8 Å². The molecule has 3 aromatic rings. The minimum absolute atomic E-state index is 0.113. The van der Waals surface area contributed by atoms with Crippen LogP contribution in [-0.4, -0.2) is 46.8 Å². The number of carbonyl (C=O) groups is 2. The van der Waals surface area contributed by atoms with Crippen molar-refractivity contribution in [2.45, 2.75) is 12.1 Å². The number of hydrogen-bond acceptors (Lipinski definition) is 5. The number of hydrogen-bond donors (Lipinski definition) is 0. The van der Waals surface area contributed by atoms with E-state index in [1.807, 2.05) is 24.3 Å². The SMILES string of the molecule is COc1ccc([C@]23Cc4ncccc4C(=O)N2CCN3C(=O)c2ccoc2)cc1. The standard InChI is InChI=1S/C22H19N3O4/c1-28-17-6-4-16(5-7-17)22-13-19-18(3-2-9-23-19)21(27)25(22)11-10-24(22)20(26)15-8-12-29-14-15/h2-9,12,14H,10-11,13H2,1H3/t22-/m0/s1. The Balaban J connectivity index is 1.69. The summed E-state index contributed by atoms with van der Waals surface area (Å²) in [7, 11) is 1.61. The Morgan fingerprint density at radius 1 is 1.17 bits per heavy atom. The summed E-state index contributed by atoms with van der Waals surface area (Å²) in [4.78, 5) is 34.7. The molecule has 2 aliphatic heterocycles. The number of benzene rings is 1. The van der Waals surface area contributed by atoms with Gasteiger partial charge in [0.05, 0.1) is 30.2 Å². The number of aromatic nitrogens is 1. The Morgan fingerprint density at radius 2 is 2.00 bits per heavy atom. The smallest absolute Gasteiger partial charge is 0.259 e. The molecule has 7 nitrogen and oxygen atoms in total. The number of ether oxygens (including phenoxy) is 1. The predicted molar refractivity (Wildman–Crippen MR) is 103 cm³/mol. The highest BCUT2D eigenvalue weighted by molar-refractivity contribution is 6.00. The molecule has 29 heavy (non-hydrogen) atoms. The third-order valence-electron chi connectivity index (χ3n) is 5.79. The van der Waals surface area contributed by atoms with E-state index in [1.54, 1.807) is 41.3 Å². The van der Waals surface area contributed by atoms with E-state index < -0.39 is 5.66 Å². The van der Waals surface area contributed by atoms with Crippen LogP contribution in [0.4, 0.5) is 0 Å². The van der Waals surface area contributed by atoms with Crippen molar-refractivity contribution in [1.29, 1.82) is 0 Å². The Morgan fingerprint density at radius 3 is 2.72 bits per heavy atom. The maximum absolute atomic E-state index is 13.4. The third kappa shape index (κ3) is 2.47. The summed E-state index contributed by atoms with van der Waals surface area (Å²) in [6.45, 7) is 0.874. The molecule has 0 bridgehead atoms. The molecule has 0 unspecified atom stereocenters. The number of rotatable bonds is 3. The molecule has 1 atom stereocenters. The van der Waals surface area contributed by atoms with E-state index in [1.165, 1.54) is 12.5 Å². The van der Waals surface area contributed by atoms with Crippen molar-refractivity contribution in [3.8, 4) is 5.75 Å². The fourth-order valence-corrected chi connectivity index (χ4v) is 4.41. The summed E-state index contributed by atoms with van der Waals surface area (Å²) in [5.74, 6) is 0.421. The molecule has 4 heterocycles. The van der Waals surface area contributed by atoms with E-state index in [4.69, 9.17) is 9.15 Å². The molecule has 0 radical (unpaired) electrons. The van der Waals surface area contributed by atoms with Gasteiger partial charge in [-0.1, -0.05) is 12.1 Å². The first-order valence-electron chi connectivity index (χ1n) is 9.40. The van der Waals surface area contributed by atoms with Crippen LogP contribution in [0.3, 0.4) is 0 Å². The number of pyridine rings is 1. The fraction of sp³-hybridized carbons (Fsp3) is 0.227. The van der Waals surface area contributed by atoms with E-state index >= 15 is 0 Å². The van der Waals surface area contributed by atoms with Crippen LogP contribution in [0.1, 0.15) is 32.0 Å². The molecule has 0 N–H and O–H groups in total. The maximum atomic E-state index is 13.4. The quantitative estimate of drug-likeness (QED) is 0.688. The predicted octanol–water partition coefficient (Wildman–Crippen LogP) is 2.69. The Labute approximate surface area is 167 Å². The first kappa shape index (κ1) is 17.5. The maximum Gasteiger partial charge on any atom is 0.259 e. The second-order valence-electron chi connectivity index (χ2n) is 7.15. The van der Waals surface area contributed by atoms with Crippen molar-refractivity contribution in [1.82, 2.24) is 14.8 Å². The van der Waals surface area contributed by atoms with Gasteiger partial charge in [-0.05, 0) is 35.9 Å². The molecule has 5 rings (SSSR count). The van der Waals surface area contributed by atoms with Gasteiger partial charge in [-0.15, -0.1) is 0 Å². The summed E-state index contributed by atoms with van der Waals surface area (Å²) in [5, 5.41) is 0. The molecular formula is C22H19N3O4. The third-order valence-corrected chi connectivity index (χ3v) is 5.79. The van der Waals surface area contributed by atoms with Crippen molar-refractivity contribution >= 4 is 11.8 Å². The topological polar surface area (TPSA) is 75.9 Å². The average Bonchev–Trinajstić information content (AvgIpc) is 3.43. The zero-order valence-corrected chi connectivity index (χ0v) is 15.9. The van der Waals surface area contributed by atoms with Crippen molar-refractivity contribution in [2.24, 2.45) is 0 Å². The molecule has 146 valence electrons. The van der Waals surface area contributed by atoms with Gasteiger partial charge in [0.15, 0.2) is 0 Å². The minimum atomic E-state index is -0.945. The molecule has 0 saturated carbocycles. The Bertz CT molecular complexity index is 1080. The van der Waals surface area contributed by atoms with Crippen LogP contribution in [0.15, 0.2) is 65.6 Å². The zero-order valence-electron chi connectivity index (χ0n) is 15.9. The molecule has 0 aliphatic carbocycles. The van der Waals surface area contributed by atoms with Gasteiger partial charge in [0.2, 0.25) is 0 Å². The number of furan rings is 1. The summed E-state index contributed by atoms with van der Waals surface area (Å²) in [6, 6.07) is 12.7. The molecule has 2 aromatic heterocycles. The summed E-state index contributed by atoms with van der Waals surface area (Å²) in [5.41, 5.74) is 1.64. The molecular weight excluding hydrogens is 370 g/mol. The van der Waals surface area contributed by atoms with Crippen molar-refractivity contribution < 1.29 is 18.7 Å². The van der Waals surface area contributed by atoms with Gasteiger partial charge in [-0.3, -0.25) is 14.6 Å². The zero-order chi connectivity index (χ0) is 20.0. The highest BCUT2D eigenvalue weighted by Crippen LogP contribution is 2.45. The van der Waals surface area contributed by atoms with Crippen LogP contribution in [0.5, 0.6) is 5.75 Å². The molecule has 1 saturated heterocycles. The monoisotopic (exact) mass is 389 g/mol. The highest BCUT2D eigenvalue weighted by atomic mass is 16.5. The van der Waals surface area contributed by atoms with E-state index in [0.717, 1.165) is 5.56 Å².